The van der Waals surface area contributed by atoms with Gasteiger partial charge in [0.15, 0.2) is 0 Å². The lowest BCUT2D eigenvalue weighted by Crippen LogP contribution is -2.41. The van der Waals surface area contributed by atoms with Gasteiger partial charge in [-0.15, -0.1) is 0 Å². The van der Waals surface area contributed by atoms with Crippen molar-refractivity contribution in [3.05, 3.63) is 35.9 Å². The van der Waals surface area contributed by atoms with Crippen LogP contribution in [0.5, 0.6) is 0 Å². The molecule has 0 bridgehead atoms. The highest BCUT2D eigenvalue weighted by Gasteiger charge is 2.39. The van der Waals surface area contributed by atoms with E-state index in [0.29, 0.717) is 6.42 Å². The Kier molecular flexibility index (Phi) is 3.96. The predicted molar refractivity (Wildman–Crippen MR) is 79.3 cm³/mol. The van der Waals surface area contributed by atoms with Gasteiger partial charge >= 0.3 is 12.1 Å². The number of carbonyl (C=O) groups is 4. The molecule has 0 aromatic heterocycles. The number of nitrogens with one attached hydrogen (secondary N) is 2. The fourth-order valence-electron chi connectivity index (χ4n) is 2.66. The van der Waals surface area contributed by atoms with E-state index in [9.17, 15) is 19.2 Å². The minimum Gasteiger partial charge on any atom is -0.329 e. The molecular weight excluding hydrogens is 300 g/mol. The fourth-order valence-corrected chi connectivity index (χ4v) is 2.66. The van der Waals surface area contributed by atoms with E-state index >= 15 is 0 Å². The lowest BCUT2D eigenvalue weighted by Gasteiger charge is -2.17. The Morgan fingerprint density at radius 3 is 2.30 bits per heavy atom. The Hall–Kier alpha value is -2.90. The van der Waals surface area contributed by atoms with Crippen LogP contribution >= 0.6 is 0 Å². The van der Waals surface area contributed by atoms with Gasteiger partial charge in [0.05, 0.1) is 6.54 Å². The number of nitrogens with zero attached hydrogens (tertiary/aromatic N) is 2. The van der Waals surface area contributed by atoms with Gasteiger partial charge in [-0.2, -0.15) is 0 Å². The summed E-state index contributed by atoms with van der Waals surface area (Å²) in [6, 6.07) is 7.77. The molecule has 1 atom stereocenters. The molecular formula is C15H16N4O4. The van der Waals surface area contributed by atoms with E-state index < -0.39 is 18.1 Å². The molecule has 23 heavy (non-hydrogen) atoms. The molecule has 2 saturated heterocycles. The second-order valence-electron chi connectivity index (χ2n) is 5.39. The van der Waals surface area contributed by atoms with Gasteiger partial charge in [-0.1, -0.05) is 30.3 Å². The van der Waals surface area contributed by atoms with E-state index in [1.54, 1.807) is 0 Å². The molecule has 0 spiro atoms. The summed E-state index contributed by atoms with van der Waals surface area (Å²) < 4.78 is 0. The molecule has 1 unspecified atom stereocenters. The van der Waals surface area contributed by atoms with Crippen LogP contribution in [0.2, 0.25) is 0 Å². The molecule has 8 heteroatoms. The van der Waals surface area contributed by atoms with E-state index in [-0.39, 0.29) is 31.4 Å². The number of amides is 6. The monoisotopic (exact) mass is 316 g/mol. The Morgan fingerprint density at radius 2 is 1.65 bits per heavy atom. The second kappa shape index (κ2) is 6.07. The normalized spacial score (nSPS) is 21.0. The fraction of sp³-hybridized carbons (Fsp3) is 0.333. The van der Waals surface area contributed by atoms with Crippen molar-refractivity contribution in [3.63, 3.8) is 0 Å². The lowest BCUT2D eigenvalue weighted by atomic mass is 10.1. The van der Waals surface area contributed by atoms with E-state index in [2.05, 4.69) is 10.6 Å². The summed E-state index contributed by atoms with van der Waals surface area (Å²) in [5.74, 6) is -0.700. The van der Waals surface area contributed by atoms with Crippen molar-refractivity contribution in [1.29, 1.82) is 0 Å². The summed E-state index contributed by atoms with van der Waals surface area (Å²) in [4.78, 5) is 49.3. The molecule has 0 saturated carbocycles. The van der Waals surface area contributed by atoms with Crippen LogP contribution in [-0.4, -0.2) is 59.4 Å². The van der Waals surface area contributed by atoms with Gasteiger partial charge in [-0.25, -0.2) is 9.59 Å². The zero-order chi connectivity index (χ0) is 16.4. The molecule has 2 aliphatic rings. The molecule has 8 nitrogen and oxygen atoms in total. The minimum absolute atomic E-state index is 0.00187. The summed E-state index contributed by atoms with van der Waals surface area (Å²) in [7, 11) is 0. The van der Waals surface area contributed by atoms with Gasteiger partial charge < -0.3 is 10.6 Å². The average molecular weight is 316 g/mol. The third-order valence-corrected chi connectivity index (χ3v) is 3.87. The van der Waals surface area contributed by atoms with Crippen LogP contribution in [0.4, 0.5) is 9.59 Å². The standard InChI is InChI=1S/C15H16N4O4/c20-12-9-16-14(22)18(12)6-7-19-13(21)11(17-15(19)23)8-10-4-2-1-3-5-10/h1-5,11H,6-9H2,(H,16,22)(H,17,23). The van der Waals surface area contributed by atoms with Crippen LogP contribution in [0, 0.1) is 0 Å². The first-order chi connectivity index (χ1) is 11.1. The van der Waals surface area contributed by atoms with Crippen molar-refractivity contribution in [2.75, 3.05) is 19.6 Å². The van der Waals surface area contributed by atoms with Crippen molar-refractivity contribution >= 4 is 23.9 Å². The summed E-state index contributed by atoms with van der Waals surface area (Å²) in [6.45, 7) is -0.0490. The van der Waals surface area contributed by atoms with Crippen molar-refractivity contribution in [2.45, 2.75) is 12.5 Å². The maximum atomic E-state index is 12.3. The predicted octanol–water partition coefficient (Wildman–Crippen LogP) is -0.299. The third-order valence-electron chi connectivity index (χ3n) is 3.87. The molecule has 120 valence electrons. The Balaban J connectivity index is 1.60. The number of urea groups is 2. The Bertz CT molecular complexity index is 645. The Morgan fingerprint density at radius 1 is 0.957 bits per heavy atom. The lowest BCUT2D eigenvalue weighted by molar-refractivity contribution is -0.129. The van der Waals surface area contributed by atoms with Crippen LogP contribution in [0.1, 0.15) is 5.56 Å². The molecule has 2 aliphatic heterocycles. The number of benzene rings is 1. The molecule has 6 amide bonds. The quantitative estimate of drug-likeness (QED) is 0.729. The van der Waals surface area contributed by atoms with E-state index in [0.717, 1.165) is 15.4 Å². The first-order valence-electron chi connectivity index (χ1n) is 7.30. The summed E-state index contributed by atoms with van der Waals surface area (Å²) >= 11 is 0. The van der Waals surface area contributed by atoms with Gasteiger partial charge in [-0.05, 0) is 5.56 Å². The molecule has 3 rings (SSSR count). The second-order valence-corrected chi connectivity index (χ2v) is 5.39. The van der Waals surface area contributed by atoms with Crippen molar-refractivity contribution in [1.82, 2.24) is 20.4 Å². The largest absolute Gasteiger partial charge is 0.329 e. The highest BCUT2D eigenvalue weighted by molar-refractivity contribution is 6.05. The average Bonchev–Trinajstić information content (AvgIpc) is 2.99. The topological polar surface area (TPSA) is 98.8 Å². The third kappa shape index (κ3) is 3.01. The van der Waals surface area contributed by atoms with Gasteiger partial charge in [-0.3, -0.25) is 19.4 Å². The molecule has 2 fully saturated rings. The van der Waals surface area contributed by atoms with E-state index in [4.69, 9.17) is 0 Å². The highest BCUT2D eigenvalue weighted by atomic mass is 16.2. The minimum atomic E-state index is -0.618. The summed E-state index contributed by atoms with van der Waals surface area (Å²) in [5, 5.41) is 5.03. The van der Waals surface area contributed by atoms with Crippen molar-refractivity contribution in [2.24, 2.45) is 0 Å². The van der Waals surface area contributed by atoms with E-state index in [1.807, 2.05) is 30.3 Å². The zero-order valence-electron chi connectivity index (χ0n) is 12.3. The van der Waals surface area contributed by atoms with Crippen LogP contribution in [0.15, 0.2) is 30.3 Å². The van der Waals surface area contributed by atoms with E-state index in [1.165, 1.54) is 0 Å². The van der Waals surface area contributed by atoms with Gasteiger partial charge in [0, 0.05) is 19.5 Å². The van der Waals surface area contributed by atoms with Crippen LogP contribution in [0.25, 0.3) is 0 Å². The van der Waals surface area contributed by atoms with Crippen LogP contribution in [-0.2, 0) is 16.0 Å². The molecule has 0 aliphatic carbocycles. The highest BCUT2D eigenvalue weighted by Crippen LogP contribution is 2.12. The maximum absolute atomic E-state index is 12.3. The first kappa shape index (κ1) is 15.0. The Labute approximate surface area is 132 Å². The SMILES string of the molecule is O=C1CNC(=O)N1CCN1C(=O)NC(Cc2ccccc2)C1=O. The first-order valence-corrected chi connectivity index (χ1v) is 7.30. The number of carbonyl (C=O) groups excluding carboxylic acids is 4. The molecule has 1 aromatic carbocycles. The number of rotatable bonds is 5. The van der Waals surface area contributed by atoms with Crippen LogP contribution in [0.3, 0.4) is 0 Å². The zero-order valence-corrected chi connectivity index (χ0v) is 12.3. The molecule has 2 N–H and O–H groups in total. The number of hydrogen-bond donors (Lipinski definition) is 2. The van der Waals surface area contributed by atoms with Crippen LogP contribution < -0.4 is 10.6 Å². The molecule has 2 heterocycles. The smallest absolute Gasteiger partial charge is 0.324 e. The maximum Gasteiger partial charge on any atom is 0.324 e. The van der Waals surface area contributed by atoms with Gasteiger partial charge in [0.25, 0.3) is 5.91 Å². The van der Waals surface area contributed by atoms with Crippen molar-refractivity contribution in [3.8, 4) is 0 Å². The molecule has 0 radical (unpaired) electrons. The van der Waals surface area contributed by atoms with Gasteiger partial charge in [0.2, 0.25) is 5.91 Å². The number of imide groups is 2. The molecule has 1 aromatic rings. The summed E-state index contributed by atoms with van der Waals surface area (Å²) in [5.41, 5.74) is 0.946. The van der Waals surface area contributed by atoms with Gasteiger partial charge in [0.1, 0.15) is 6.04 Å². The number of hydrogen-bond acceptors (Lipinski definition) is 4. The van der Waals surface area contributed by atoms with Crippen molar-refractivity contribution < 1.29 is 19.2 Å². The summed E-state index contributed by atoms with van der Waals surface area (Å²) in [6.07, 6.45) is 0.408.